The highest BCUT2D eigenvalue weighted by atomic mass is 32.2. The maximum absolute atomic E-state index is 11.8. The summed E-state index contributed by atoms with van der Waals surface area (Å²) in [6.07, 6.45) is 2.45. The van der Waals surface area contributed by atoms with Crippen molar-refractivity contribution in [2.24, 2.45) is 5.73 Å². The smallest absolute Gasteiger partial charge is 0.213 e. The van der Waals surface area contributed by atoms with Crippen molar-refractivity contribution < 1.29 is 33.3 Å². The van der Waals surface area contributed by atoms with Crippen molar-refractivity contribution in [1.82, 2.24) is 5.32 Å². The van der Waals surface area contributed by atoms with Crippen LogP contribution in [0.15, 0.2) is 24.3 Å². The van der Waals surface area contributed by atoms with E-state index in [0.29, 0.717) is 61.0 Å². The molecule has 36 heavy (non-hydrogen) atoms. The summed E-state index contributed by atoms with van der Waals surface area (Å²) in [5.41, 5.74) is 8.85. The third kappa shape index (κ3) is 6.05. The van der Waals surface area contributed by atoms with Gasteiger partial charge < -0.3 is 29.4 Å². The van der Waals surface area contributed by atoms with Crippen molar-refractivity contribution in [3.63, 3.8) is 0 Å². The molecule has 0 bridgehead atoms. The molecular formula is C26H34N2O7S. The highest BCUT2D eigenvalue weighted by molar-refractivity contribution is 8.00. The van der Waals surface area contributed by atoms with Crippen molar-refractivity contribution in [3.8, 4) is 28.7 Å². The summed E-state index contributed by atoms with van der Waals surface area (Å²) in [4.78, 5) is 22.7. The lowest BCUT2D eigenvalue weighted by molar-refractivity contribution is -0.131. The fourth-order valence-corrected chi connectivity index (χ4v) is 5.66. The SMILES string of the molecule is COc1c(CN)c(CCCOc2ccc(CC3SCNC3C(=O)C=O)cc2)c(OC)c(OC)c1OC. The molecule has 2 aromatic rings. The first-order chi connectivity index (χ1) is 17.5. The number of hydrogen-bond acceptors (Lipinski definition) is 10. The maximum atomic E-state index is 11.8. The van der Waals surface area contributed by atoms with Gasteiger partial charge in [0.1, 0.15) is 5.75 Å². The predicted molar refractivity (Wildman–Crippen MR) is 139 cm³/mol. The van der Waals surface area contributed by atoms with E-state index in [-0.39, 0.29) is 11.8 Å². The molecule has 10 heteroatoms. The van der Waals surface area contributed by atoms with Gasteiger partial charge in [0.25, 0.3) is 0 Å². The highest BCUT2D eigenvalue weighted by Crippen LogP contribution is 2.49. The molecular weight excluding hydrogens is 484 g/mol. The number of thioether (sulfide) groups is 1. The number of ketones is 1. The maximum Gasteiger partial charge on any atom is 0.213 e. The minimum Gasteiger partial charge on any atom is -0.494 e. The van der Waals surface area contributed by atoms with Crippen molar-refractivity contribution >= 4 is 23.8 Å². The molecule has 2 unspecified atom stereocenters. The predicted octanol–water partition coefficient (Wildman–Crippen LogP) is 2.53. The van der Waals surface area contributed by atoms with Crippen molar-refractivity contribution in [1.29, 1.82) is 0 Å². The second kappa shape index (κ2) is 13.4. The molecule has 1 heterocycles. The van der Waals surface area contributed by atoms with Crippen LogP contribution >= 0.6 is 11.8 Å². The van der Waals surface area contributed by atoms with E-state index in [9.17, 15) is 9.59 Å². The summed E-state index contributed by atoms with van der Waals surface area (Å²) >= 11 is 1.65. The van der Waals surface area contributed by atoms with Gasteiger partial charge in [-0.15, -0.1) is 11.8 Å². The van der Waals surface area contributed by atoms with Crippen LogP contribution in [0.1, 0.15) is 23.1 Å². The van der Waals surface area contributed by atoms with Crippen LogP contribution in [0.25, 0.3) is 0 Å². The van der Waals surface area contributed by atoms with E-state index < -0.39 is 11.8 Å². The van der Waals surface area contributed by atoms with Crippen LogP contribution in [-0.4, -0.2) is 64.3 Å². The summed E-state index contributed by atoms with van der Waals surface area (Å²) in [5, 5.41) is 3.13. The van der Waals surface area contributed by atoms with E-state index in [4.69, 9.17) is 29.4 Å². The Labute approximate surface area is 215 Å². The average molecular weight is 519 g/mol. The van der Waals surface area contributed by atoms with Crippen LogP contribution in [0, 0.1) is 0 Å². The molecule has 0 spiro atoms. The normalized spacial score (nSPS) is 16.9. The summed E-state index contributed by atoms with van der Waals surface area (Å²) in [7, 11) is 6.26. The number of nitrogens with one attached hydrogen (secondary N) is 1. The Bertz CT molecular complexity index is 1010. The zero-order chi connectivity index (χ0) is 26.1. The number of hydrogen-bond donors (Lipinski definition) is 2. The van der Waals surface area contributed by atoms with Gasteiger partial charge in [0.05, 0.1) is 41.1 Å². The standard InChI is InChI=1S/C26H34N2O7S/c1-31-23-18(19(13-27)24(32-2)26(34-4)25(23)33-3)6-5-11-35-17-9-7-16(8-10-17)12-21-22(20(30)14-29)28-15-36-21/h7-10,14,21-22,28H,5-6,11-13,15,27H2,1-4H3. The number of carbonyl (C=O) groups excluding carboxylic acids is 2. The van der Waals surface area contributed by atoms with Gasteiger partial charge in [0, 0.05) is 28.8 Å². The van der Waals surface area contributed by atoms with Crippen molar-refractivity contribution in [2.45, 2.75) is 37.1 Å². The minimum absolute atomic E-state index is 0.0414. The number of nitrogens with two attached hydrogens (primary N) is 1. The number of ether oxygens (including phenoxy) is 5. The zero-order valence-corrected chi connectivity index (χ0v) is 21.9. The lowest BCUT2D eigenvalue weighted by Crippen LogP contribution is -2.39. The van der Waals surface area contributed by atoms with E-state index in [2.05, 4.69) is 5.32 Å². The number of methoxy groups -OCH3 is 4. The molecule has 3 N–H and O–H groups in total. The number of aldehydes is 1. The van der Waals surface area contributed by atoms with Gasteiger partial charge in [0.15, 0.2) is 17.8 Å². The van der Waals surface area contributed by atoms with Gasteiger partial charge in [0.2, 0.25) is 17.3 Å². The van der Waals surface area contributed by atoms with Gasteiger partial charge >= 0.3 is 0 Å². The van der Waals surface area contributed by atoms with E-state index in [1.807, 2.05) is 24.3 Å². The van der Waals surface area contributed by atoms with E-state index >= 15 is 0 Å². The number of rotatable bonds is 14. The fourth-order valence-electron chi connectivity index (χ4n) is 4.44. The molecule has 0 aliphatic carbocycles. The largest absolute Gasteiger partial charge is 0.494 e. The Morgan fingerprint density at radius 2 is 1.61 bits per heavy atom. The summed E-state index contributed by atoms with van der Waals surface area (Å²) in [6.45, 7) is 0.743. The second-order valence-corrected chi connectivity index (χ2v) is 9.37. The Hall–Kier alpha value is -2.95. The van der Waals surface area contributed by atoms with Crippen LogP contribution in [0.4, 0.5) is 0 Å². The Balaban J connectivity index is 1.62. The van der Waals surface area contributed by atoms with Crippen LogP contribution in [0.2, 0.25) is 0 Å². The second-order valence-electron chi connectivity index (χ2n) is 8.15. The molecule has 9 nitrogen and oxygen atoms in total. The number of benzene rings is 2. The Kier molecular flexibility index (Phi) is 10.3. The summed E-state index contributed by atoms with van der Waals surface area (Å²) in [5.74, 6) is 3.05. The molecule has 1 saturated heterocycles. The summed E-state index contributed by atoms with van der Waals surface area (Å²) < 4.78 is 28.3. The minimum atomic E-state index is -0.422. The fraction of sp³-hybridized carbons (Fsp3) is 0.462. The van der Waals surface area contributed by atoms with E-state index in [1.165, 1.54) is 0 Å². The monoisotopic (exact) mass is 518 g/mol. The number of carbonyl (C=O) groups is 2. The molecule has 1 fully saturated rings. The quantitative estimate of drug-likeness (QED) is 0.219. The van der Waals surface area contributed by atoms with Gasteiger partial charge in [-0.25, -0.2) is 0 Å². The third-order valence-electron chi connectivity index (χ3n) is 6.15. The molecule has 3 rings (SSSR count). The molecule has 2 atom stereocenters. The third-order valence-corrected chi connectivity index (χ3v) is 7.35. The van der Waals surface area contributed by atoms with Crippen LogP contribution in [0.3, 0.4) is 0 Å². The van der Waals surface area contributed by atoms with Gasteiger partial charge in [-0.3, -0.25) is 14.9 Å². The molecule has 0 aromatic heterocycles. The highest BCUT2D eigenvalue weighted by Gasteiger charge is 2.32. The lowest BCUT2D eigenvalue weighted by atomic mass is 9.98. The van der Waals surface area contributed by atoms with E-state index in [1.54, 1.807) is 40.2 Å². The van der Waals surface area contributed by atoms with E-state index in [0.717, 1.165) is 22.4 Å². The molecule has 0 amide bonds. The van der Waals surface area contributed by atoms with Crippen LogP contribution in [0.5, 0.6) is 28.7 Å². The first-order valence-corrected chi connectivity index (χ1v) is 12.7. The van der Waals surface area contributed by atoms with Crippen LogP contribution < -0.4 is 34.7 Å². The summed E-state index contributed by atoms with van der Waals surface area (Å²) in [6, 6.07) is 7.40. The first kappa shape index (κ1) is 27.6. The molecule has 0 saturated carbocycles. The molecule has 1 aliphatic heterocycles. The van der Waals surface area contributed by atoms with Gasteiger partial charge in [-0.2, -0.15) is 0 Å². The molecule has 196 valence electrons. The van der Waals surface area contributed by atoms with Gasteiger partial charge in [-0.05, 0) is 37.0 Å². The first-order valence-electron chi connectivity index (χ1n) is 11.7. The lowest BCUT2D eigenvalue weighted by Gasteiger charge is -2.22. The Morgan fingerprint density at radius 1 is 1.00 bits per heavy atom. The van der Waals surface area contributed by atoms with Crippen molar-refractivity contribution in [2.75, 3.05) is 40.9 Å². The van der Waals surface area contributed by atoms with Crippen LogP contribution in [-0.2, 0) is 29.0 Å². The molecule has 1 aliphatic rings. The zero-order valence-electron chi connectivity index (χ0n) is 21.1. The molecule has 2 aromatic carbocycles. The average Bonchev–Trinajstić information content (AvgIpc) is 3.38. The molecule has 0 radical (unpaired) electrons. The van der Waals surface area contributed by atoms with Crippen molar-refractivity contribution in [3.05, 3.63) is 41.0 Å². The van der Waals surface area contributed by atoms with Gasteiger partial charge in [-0.1, -0.05) is 12.1 Å². The Morgan fingerprint density at radius 3 is 2.17 bits per heavy atom. The topological polar surface area (TPSA) is 118 Å². The number of Topliss-reactive ketones (excluding diaryl/α,β-unsaturated/α-hetero) is 1.